The summed E-state index contributed by atoms with van der Waals surface area (Å²) in [6.45, 7) is 2.71. The van der Waals surface area contributed by atoms with Crippen LogP contribution in [0.25, 0.3) is 0 Å². The van der Waals surface area contributed by atoms with Crippen molar-refractivity contribution in [3.05, 3.63) is 106 Å². The molecule has 2 aliphatic rings. The van der Waals surface area contributed by atoms with Crippen molar-refractivity contribution in [3.8, 4) is 0 Å². The van der Waals surface area contributed by atoms with E-state index in [-0.39, 0.29) is 5.91 Å². The molecule has 3 aromatic rings. The van der Waals surface area contributed by atoms with Gasteiger partial charge in [-0.15, -0.1) is 0 Å². The highest BCUT2D eigenvalue weighted by Gasteiger charge is 2.30. The number of ether oxygens (including phenoxy) is 2. The fourth-order valence-corrected chi connectivity index (χ4v) is 4.60. The zero-order valence-electron chi connectivity index (χ0n) is 18.9. The normalized spacial score (nSPS) is 17.7. The number of amides is 1. The van der Waals surface area contributed by atoms with Crippen LogP contribution in [0.3, 0.4) is 0 Å². The van der Waals surface area contributed by atoms with Crippen molar-refractivity contribution in [3.63, 3.8) is 0 Å². The molecule has 0 saturated heterocycles. The Kier molecular flexibility index (Phi) is 5.88. The van der Waals surface area contributed by atoms with E-state index in [1.54, 1.807) is 30.0 Å². The Morgan fingerprint density at radius 2 is 1.71 bits per heavy atom. The molecular weight excluding hydrogens is 430 g/mol. The summed E-state index contributed by atoms with van der Waals surface area (Å²) < 4.78 is 11.1. The fraction of sp³-hybridized carbons (Fsp3) is 0.250. The van der Waals surface area contributed by atoms with Crippen LogP contribution in [0, 0.1) is 0 Å². The second kappa shape index (κ2) is 9.14. The Morgan fingerprint density at radius 1 is 0.971 bits per heavy atom. The van der Waals surface area contributed by atoms with Crippen molar-refractivity contribution in [1.82, 2.24) is 4.90 Å². The van der Waals surface area contributed by atoms with E-state index in [9.17, 15) is 14.4 Å². The van der Waals surface area contributed by atoms with Crippen LogP contribution in [0.1, 0.15) is 56.0 Å². The minimum Gasteiger partial charge on any atom is -0.454 e. The molecule has 3 aromatic carbocycles. The number of fused-ring (bicyclic) bond motifs is 2. The van der Waals surface area contributed by atoms with Gasteiger partial charge in [0.05, 0.1) is 11.1 Å². The van der Waals surface area contributed by atoms with E-state index in [0.717, 1.165) is 23.1 Å². The Morgan fingerprint density at radius 3 is 2.50 bits per heavy atom. The number of nitrogens with zero attached hydrogens (tertiary/aromatic N) is 1. The first-order valence-electron chi connectivity index (χ1n) is 11.4. The Bertz CT molecular complexity index is 1250. The largest absolute Gasteiger partial charge is 0.454 e. The topological polar surface area (TPSA) is 72.9 Å². The van der Waals surface area contributed by atoms with Crippen LogP contribution in [0.5, 0.6) is 0 Å². The van der Waals surface area contributed by atoms with Crippen LogP contribution in [-0.2, 0) is 33.7 Å². The second-order valence-corrected chi connectivity index (χ2v) is 8.71. The summed E-state index contributed by atoms with van der Waals surface area (Å²) in [6, 6.07) is 22.4. The first-order valence-corrected chi connectivity index (χ1v) is 11.4. The predicted octanol–water partition coefficient (Wildman–Crippen LogP) is 4.27. The molecule has 0 saturated carbocycles. The zero-order chi connectivity index (χ0) is 23.7. The van der Waals surface area contributed by atoms with E-state index >= 15 is 0 Å². The first kappa shape index (κ1) is 21.9. The molecule has 6 heteroatoms. The highest BCUT2D eigenvalue weighted by atomic mass is 16.6. The van der Waals surface area contributed by atoms with Crippen LogP contribution in [0.4, 0.5) is 0 Å². The Hall–Kier alpha value is -3.93. The SMILES string of the molecule is CC(OC(=O)c1ccc2c(c1)CC(c1ccccc1)OC2=O)C(=O)N1CCc2ccccc2C1. The average Bonchev–Trinajstić information content (AvgIpc) is 2.88. The van der Waals surface area contributed by atoms with Crippen LogP contribution in [0.15, 0.2) is 72.8 Å². The van der Waals surface area contributed by atoms with Crippen molar-refractivity contribution in [1.29, 1.82) is 0 Å². The molecule has 2 heterocycles. The maximum Gasteiger partial charge on any atom is 0.339 e. The van der Waals surface area contributed by atoms with E-state index in [0.29, 0.717) is 30.6 Å². The molecule has 0 aromatic heterocycles. The van der Waals surface area contributed by atoms with Crippen molar-refractivity contribution in [2.24, 2.45) is 0 Å². The van der Waals surface area contributed by atoms with Gasteiger partial charge in [-0.3, -0.25) is 4.79 Å². The first-order chi connectivity index (χ1) is 16.5. The molecule has 2 atom stereocenters. The van der Waals surface area contributed by atoms with E-state index in [1.165, 1.54) is 5.56 Å². The van der Waals surface area contributed by atoms with Crippen molar-refractivity contribution >= 4 is 17.8 Å². The third kappa shape index (κ3) is 4.31. The molecule has 0 bridgehead atoms. The van der Waals surface area contributed by atoms with Gasteiger partial charge in [0.2, 0.25) is 0 Å². The van der Waals surface area contributed by atoms with Crippen LogP contribution in [0.2, 0.25) is 0 Å². The number of rotatable bonds is 4. The summed E-state index contributed by atoms with van der Waals surface area (Å²) in [5.41, 5.74) is 4.75. The molecule has 0 N–H and O–H groups in total. The number of hydrogen-bond acceptors (Lipinski definition) is 5. The monoisotopic (exact) mass is 455 g/mol. The summed E-state index contributed by atoms with van der Waals surface area (Å²) in [6.07, 6.45) is -0.0641. The molecule has 34 heavy (non-hydrogen) atoms. The van der Waals surface area contributed by atoms with Gasteiger partial charge in [-0.05, 0) is 53.8 Å². The van der Waals surface area contributed by atoms with E-state index in [2.05, 4.69) is 6.07 Å². The summed E-state index contributed by atoms with van der Waals surface area (Å²) in [4.78, 5) is 40.0. The zero-order valence-corrected chi connectivity index (χ0v) is 18.9. The van der Waals surface area contributed by atoms with Crippen LogP contribution < -0.4 is 0 Å². The van der Waals surface area contributed by atoms with Gasteiger partial charge in [0, 0.05) is 19.5 Å². The fourth-order valence-electron chi connectivity index (χ4n) is 4.60. The van der Waals surface area contributed by atoms with Gasteiger partial charge in [-0.1, -0.05) is 54.6 Å². The lowest BCUT2D eigenvalue weighted by Crippen LogP contribution is -2.42. The molecule has 5 rings (SSSR count). The minimum atomic E-state index is -0.907. The molecular formula is C28H25NO5. The van der Waals surface area contributed by atoms with E-state index in [4.69, 9.17) is 9.47 Å². The van der Waals surface area contributed by atoms with Gasteiger partial charge < -0.3 is 14.4 Å². The third-order valence-corrected chi connectivity index (χ3v) is 6.46. The third-order valence-electron chi connectivity index (χ3n) is 6.46. The number of cyclic esters (lactones) is 1. The molecule has 0 aliphatic carbocycles. The lowest BCUT2D eigenvalue weighted by Gasteiger charge is -2.30. The van der Waals surface area contributed by atoms with Gasteiger partial charge in [0.1, 0.15) is 6.10 Å². The molecule has 0 fully saturated rings. The Balaban J connectivity index is 1.27. The van der Waals surface area contributed by atoms with Gasteiger partial charge in [-0.2, -0.15) is 0 Å². The minimum absolute atomic E-state index is 0.214. The van der Waals surface area contributed by atoms with Crippen molar-refractivity contribution in [2.75, 3.05) is 6.54 Å². The summed E-state index contributed by atoms with van der Waals surface area (Å²) in [7, 11) is 0. The van der Waals surface area contributed by atoms with Crippen molar-refractivity contribution < 1.29 is 23.9 Å². The highest BCUT2D eigenvalue weighted by Crippen LogP contribution is 2.31. The lowest BCUT2D eigenvalue weighted by molar-refractivity contribution is -0.140. The number of benzene rings is 3. The molecule has 1 amide bonds. The molecule has 0 spiro atoms. The molecule has 2 unspecified atom stereocenters. The van der Waals surface area contributed by atoms with Gasteiger partial charge in [0.25, 0.3) is 5.91 Å². The second-order valence-electron chi connectivity index (χ2n) is 8.71. The van der Waals surface area contributed by atoms with E-state index < -0.39 is 24.1 Å². The lowest BCUT2D eigenvalue weighted by atomic mass is 9.93. The smallest absolute Gasteiger partial charge is 0.339 e. The maximum atomic E-state index is 12.9. The Labute approximate surface area is 198 Å². The molecule has 2 aliphatic heterocycles. The quantitative estimate of drug-likeness (QED) is 0.550. The summed E-state index contributed by atoms with van der Waals surface area (Å²) >= 11 is 0. The molecule has 6 nitrogen and oxygen atoms in total. The molecule has 172 valence electrons. The van der Waals surface area contributed by atoms with Gasteiger partial charge in [-0.25, -0.2) is 9.59 Å². The van der Waals surface area contributed by atoms with Crippen LogP contribution >= 0.6 is 0 Å². The average molecular weight is 456 g/mol. The summed E-state index contributed by atoms with van der Waals surface area (Å²) in [5, 5.41) is 0. The van der Waals surface area contributed by atoms with Crippen molar-refractivity contribution in [2.45, 2.75) is 38.5 Å². The standard InChI is InChI=1S/C28H25NO5/c1-18(26(30)29-14-13-19-7-5-6-10-22(19)17-29)33-27(31)21-11-12-24-23(15-21)16-25(34-28(24)32)20-8-3-2-4-9-20/h2-12,15,18,25H,13-14,16-17H2,1H3. The predicted molar refractivity (Wildman–Crippen MR) is 125 cm³/mol. The van der Waals surface area contributed by atoms with Gasteiger partial charge >= 0.3 is 11.9 Å². The number of hydrogen-bond donors (Lipinski definition) is 0. The van der Waals surface area contributed by atoms with Crippen LogP contribution in [-0.4, -0.2) is 35.4 Å². The van der Waals surface area contributed by atoms with E-state index in [1.807, 2.05) is 48.5 Å². The number of carbonyl (C=O) groups is 3. The number of carbonyl (C=O) groups excluding carboxylic acids is 3. The molecule has 0 radical (unpaired) electrons. The van der Waals surface area contributed by atoms with Gasteiger partial charge in [0.15, 0.2) is 6.10 Å². The number of esters is 2. The summed E-state index contributed by atoms with van der Waals surface area (Å²) in [5.74, 6) is -1.21. The highest BCUT2D eigenvalue weighted by molar-refractivity contribution is 5.96. The maximum absolute atomic E-state index is 12.9.